The van der Waals surface area contributed by atoms with Gasteiger partial charge in [-0.3, -0.25) is 19.3 Å². The molecule has 4 aromatic rings. The molecule has 0 bridgehead atoms. The van der Waals surface area contributed by atoms with Gasteiger partial charge in [0.15, 0.2) is 0 Å². The van der Waals surface area contributed by atoms with Gasteiger partial charge in [0.1, 0.15) is 6.42 Å². The Morgan fingerprint density at radius 3 is 2.44 bits per heavy atom. The molecule has 0 saturated heterocycles. The van der Waals surface area contributed by atoms with Crippen LogP contribution in [-0.4, -0.2) is 17.7 Å². The van der Waals surface area contributed by atoms with Crippen molar-refractivity contribution in [3.8, 4) is 0 Å². The monoisotopic (exact) mass is 561 g/mol. The average molecular weight is 561 g/mol. The Kier molecular flexibility index (Phi) is 6.02. The highest BCUT2D eigenvalue weighted by Crippen LogP contribution is 2.40. The Balaban J connectivity index is 1.43. The molecule has 0 aliphatic carbocycles. The van der Waals surface area contributed by atoms with Crippen molar-refractivity contribution in [3.05, 3.63) is 94.1 Å². The van der Waals surface area contributed by atoms with E-state index >= 15 is 0 Å². The van der Waals surface area contributed by atoms with Gasteiger partial charge in [0.05, 0.1) is 17.8 Å². The number of anilines is 4. The van der Waals surface area contributed by atoms with Crippen molar-refractivity contribution in [3.63, 3.8) is 0 Å². The highest BCUT2D eigenvalue weighted by atomic mass is 127. The van der Waals surface area contributed by atoms with Crippen LogP contribution in [-0.2, 0) is 20.8 Å². The molecule has 6 nitrogen and oxygen atoms in total. The van der Waals surface area contributed by atoms with E-state index in [1.807, 2.05) is 60.7 Å². The summed E-state index contributed by atoms with van der Waals surface area (Å²) in [4.78, 5) is 39.5. The number of nitrogens with one attached hydrogen (secondary N) is 2. The topological polar surface area (TPSA) is 78.5 Å². The molecule has 1 aliphatic heterocycles. The van der Waals surface area contributed by atoms with Crippen LogP contribution in [0.1, 0.15) is 12.0 Å². The third-order valence-electron chi connectivity index (χ3n) is 5.69. The first-order chi connectivity index (χ1) is 16.5. The van der Waals surface area contributed by atoms with Crippen LogP contribution in [0.3, 0.4) is 0 Å². The van der Waals surface area contributed by atoms with Crippen molar-refractivity contribution in [1.29, 1.82) is 0 Å². The van der Waals surface area contributed by atoms with E-state index in [0.29, 0.717) is 22.7 Å². The maximum atomic E-state index is 13.0. The molecule has 3 amide bonds. The molecule has 0 spiro atoms. The number of hydrogen-bond donors (Lipinski definition) is 2. The van der Waals surface area contributed by atoms with Crippen LogP contribution in [0.5, 0.6) is 0 Å². The lowest BCUT2D eigenvalue weighted by Gasteiger charge is -2.23. The first-order valence-electron chi connectivity index (χ1n) is 10.8. The van der Waals surface area contributed by atoms with E-state index in [9.17, 15) is 14.4 Å². The summed E-state index contributed by atoms with van der Waals surface area (Å²) in [6.45, 7) is 0. The molecule has 7 heteroatoms. The summed E-state index contributed by atoms with van der Waals surface area (Å²) in [5.74, 6) is -0.777. The standard InChI is InChI=1S/C27H20IN3O3/c28-22-8-4-2-6-18(22)15-24(32)29-19-10-12-20(13-11-19)31-23-14-9-17-5-1-3-7-21(17)27(23)30-25(33)16-26(31)34/h1-14H,15-16H2,(H,29,32)(H,30,33). The van der Waals surface area contributed by atoms with E-state index in [4.69, 9.17) is 0 Å². The molecular weight excluding hydrogens is 541 g/mol. The van der Waals surface area contributed by atoms with Crippen molar-refractivity contribution in [1.82, 2.24) is 0 Å². The fraction of sp³-hybridized carbons (Fsp3) is 0.0741. The summed E-state index contributed by atoms with van der Waals surface area (Å²) < 4.78 is 1.04. The summed E-state index contributed by atoms with van der Waals surface area (Å²) in [6.07, 6.45) is 0.0247. The summed E-state index contributed by atoms with van der Waals surface area (Å²) in [5, 5.41) is 7.65. The van der Waals surface area contributed by atoms with Gasteiger partial charge in [-0.2, -0.15) is 0 Å². The zero-order chi connectivity index (χ0) is 23.7. The predicted octanol–water partition coefficient (Wildman–Crippen LogP) is 5.63. The lowest BCUT2D eigenvalue weighted by molar-refractivity contribution is -0.124. The lowest BCUT2D eigenvalue weighted by Crippen LogP contribution is -2.26. The Morgan fingerprint density at radius 2 is 1.65 bits per heavy atom. The van der Waals surface area contributed by atoms with Gasteiger partial charge in [-0.05, 0) is 69.9 Å². The number of fused-ring (bicyclic) bond motifs is 3. The largest absolute Gasteiger partial charge is 0.326 e. The van der Waals surface area contributed by atoms with E-state index in [0.717, 1.165) is 19.9 Å². The lowest BCUT2D eigenvalue weighted by atomic mass is 10.1. The number of amides is 3. The number of carbonyl (C=O) groups is 3. The van der Waals surface area contributed by atoms with Crippen LogP contribution in [0.25, 0.3) is 10.8 Å². The minimum atomic E-state index is -0.343. The van der Waals surface area contributed by atoms with E-state index in [-0.39, 0.29) is 30.6 Å². The second-order valence-corrected chi connectivity index (χ2v) is 9.16. The summed E-state index contributed by atoms with van der Waals surface area (Å²) in [6, 6.07) is 26.3. The smallest absolute Gasteiger partial charge is 0.241 e. The molecule has 168 valence electrons. The Labute approximate surface area is 210 Å². The number of carbonyl (C=O) groups excluding carboxylic acids is 3. The van der Waals surface area contributed by atoms with Crippen LogP contribution < -0.4 is 15.5 Å². The molecule has 0 saturated carbocycles. The maximum Gasteiger partial charge on any atom is 0.241 e. The fourth-order valence-electron chi connectivity index (χ4n) is 4.11. The second kappa shape index (κ2) is 9.26. The quantitative estimate of drug-likeness (QED) is 0.251. The summed E-state index contributed by atoms with van der Waals surface area (Å²) in [5.41, 5.74) is 3.45. The van der Waals surface area contributed by atoms with Crippen molar-refractivity contribution in [2.45, 2.75) is 12.8 Å². The van der Waals surface area contributed by atoms with Gasteiger partial charge in [0.2, 0.25) is 17.7 Å². The van der Waals surface area contributed by atoms with Gasteiger partial charge in [-0.25, -0.2) is 0 Å². The minimum absolute atomic E-state index is 0.116. The van der Waals surface area contributed by atoms with Crippen LogP contribution >= 0.6 is 22.6 Å². The van der Waals surface area contributed by atoms with Crippen LogP contribution in [0.4, 0.5) is 22.7 Å². The van der Waals surface area contributed by atoms with E-state index in [2.05, 4.69) is 33.2 Å². The van der Waals surface area contributed by atoms with Crippen molar-refractivity contribution < 1.29 is 14.4 Å². The fourth-order valence-corrected chi connectivity index (χ4v) is 4.69. The van der Waals surface area contributed by atoms with Gasteiger partial charge >= 0.3 is 0 Å². The van der Waals surface area contributed by atoms with Gasteiger partial charge in [0, 0.05) is 20.3 Å². The van der Waals surface area contributed by atoms with Crippen molar-refractivity contribution >= 4 is 73.8 Å². The van der Waals surface area contributed by atoms with Gasteiger partial charge in [0.25, 0.3) is 0 Å². The number of hydrogen-bond acceptors (Lipinski definition) is 3. The normalized spacial score (nSPS) is 13.3. The zero-order valence-electron chi connectivity index (χ0n) is 18.0. The van der Waals surface area contributed by atoms with Crippen LogP contribution in [0, 0.1) is 3.57 Å². The van der Waals surface area contributed by atoms with E-state index in [1.165, 1.54) is 0 Å². The van der Waals surface area contributed by atoms with E-state index < -0.39 is 0 Å². The minimum Gasteiger partial charge on any atom is -0.326 e. The zero-order valence-corrected chi connectivity index (χ0v) is 20.2. The highest BCUT2D eigenvalue weighted by Gasteiger charge is 2.28. The maximum absolute atomic E-state index is 13.0. The molecule has 0 fully saturated rings. The molecule has 4 aromatic carbocycles. The van der Waals surface area contributed by atoms with Gasteiger partial charge < -0.3 is 10.6 Å². The Hall–Kier alpha value is -3.72. The summed E-state index contributed by atoms with van der Waals surface area (Å²) >= 11 is 2.22. The van der Waals surface area contributed by atoms with Gasteiger partial charge in [-0.15, -0.1) is 0 Å². The Morgan fingerprint density at radius 1 is 0.912 bits per heavy atom. The van der Waals surface area contributed by atoms with Crippen LogP contribution in [0.15, 0.2) is 84.9 Å². The Bertz CT molecular complexity index is 1430. The molecule has 0 aromatic heterocycles. The highest BCUT2D eigenvalue weighted by molar-refractivity contribution is 14.1. The van der Waals surface area contributed by atoms with Crippen LogP contribution in [0.2, 0.25) is 0 Å². The molecule has 5 rings (SSSR count). The van der Waals surface area contributed by atoms with Crippen molar-refractivity contribution in [2.75, 3.05) is 15.5 Å². The molecule has 0 unspecified atom stereocenters. The molecule has 2 N–H and O–H groups in total. The number of nitrogens with zero attached hydrogens (tertiary/aromatic N) is 1. The average Bonchev–Trinajstić information content (AvgIpc) is 2.95. The second-order valence-electron chi connectivity index (χ2n) is 8.00. The molecular formula is C27H20IN3O3. The predicted molar refractivity (Wildman–Crippen MR) is 142 cm³/mol. The van der Waals surface area contributed by atoms with Crippen molar-refractivity contribution in [2.24, 2.45) is 0 Å². The summed E-state index contributed by atoms with van der Waals surface area (Å²) in [7, 11) is 0. The molecule has 1 heterocycles. The first kappa shape index (κ1) is 22.1. The number of benzene rings is 4. The molecule has 34 heavy (non-hydrogen) atoms. The molecule has 1 aliphatic rings. The van der Waals surface area contributed by atoms with Gasteiger partial charge in [-0.1, -0.05) is 48.5 Å². The SMILES string of the molecule is O=C(Cc1ccccc1I)Nc1ccc(N2C(=O)CC(=O)Nc3c2ccc2ccccc32)cc1. The first-order valence-corrected chi connectivity index (χ1v) is 11.9. The number of rotatable bonds is 4. The van der Waals surface area contributed by atoms with E-state index in [1.54, 1.807) is 29.2 Å². The third kappa shape index (κ3) is 4.38. The molecule has 0 atom stereocenters. The number of halogens is 1. The molecule has 0 radical (unpaired) electrons. The third-order valence-corrected chi connectivity index (χ3v) is 6.74.